The topological polar surface area (TPSA) is 68.2 Å². The molecule has 0 aromatic heterocycles. The SMILES string of the molecule is COc1cc(CC(C)(C)C)ccc1COc1ccc2c(c1)CCC(CN1CC(OC(=O)O)C1)=C2C. The Balaban J connectivity index is 1.38. The van der Waals surface area contributed by atoms with E-state index in [4.69, 9.17) is 19.3 Å². The molecule has 0 amide bonds. The van der Waals surface area contributed by atoms with Crippen LogP contribution in [0.25, 0.3) is 5.57 Å². The van der Waals surface area contributed by atoms with Gasteiger partial charge in [-0.3, -0.25) is 4.90 Å². The van der Waals surface area contributed by atoms with E-state index in [-0.39, 0.29) is 11.5 Å². The zero-order chi connectivity index (χ0) is 25.2. The quantitative estimate of drug-likeness (QED) is 0.471. The minimum absolute atomic E-state index is 0.197. The van der Waals surface area contributed by atoms with Crippen LogP contribution in [0.3, 0.4) is 0 Å². The summed E-state index contributed by atoms with van der Waals surface area (Å²) >= 11 is 0. The summed E-state index contributed by atoms with van der Waals surface area (Å²) in [6.07, 6.45) is 1.60. The molecule has 1 N–H and O–H groups in total. The monoisotopic (exact) mass is 479 g/mol. The highest BCUT2D eigenvalue weighted by Gasteiger charge is 2.31. The van der Waals surface area contributed by atoms with Crippen molar-refractivity contribution in [1.82, 2.24) is 4.90 Å². The molecular formula is C29H37NO5. The van der Waals surface area contributed by atoms with Gasteiger partial charge in [-0.25, -0.2) is 4.79 Å². The lowest BCUT2D eigenvalue weighted by Gasteiger charge is -2.39. The van der Waals surface area contributed by atoms with E-state index in [1.54, 1.807) is 7.11 Å². The fourth-order valence-electron chi connectivity index (χ4n) is 5.02. The molecule has 1 aliphatic heterocycles. The first kappa shape index (κ1) is 25.1. The van der Waals surface area contributed by atoms with Gasteiger partial charge < -0.3 is 19.3 Å². The number of ether oxygens (including phenoxy) is 3. The summed E-state index contributed by atoms with van der Waals surface area (Å²) in [6, 6.07) is 12.8. The van der Waals surface area contributed by atoms with Crippen molar-refractivity contribution < 1.29 is 24.1 Å². The van der Waals surface area contributed by atoms with Crippen LogP contribution in [-0.2, 0) is 24.2 Å². The summed E-state index contributed by atoms with van der Waals surface area (Å²) in [6.45, 7) is 11.6. The van der Waals surface area contributed by atoms with Crippen molar-refractivity contribution in [3.05, 3.63) is 64.2 Å². The highest BCUT2D eigenvalue weighted by atomic mass is 16.7. The number of aryl methyl sites for hydroxylation is 1. The molecule has 0 saturated carbocycles. The van der Waals surface area contributed by atoms with Crippen LogP contribution in [0.4, 0.5) is 4.79 Å². The maximum atomic E-state index is 10.7. The molecule has 0 radical (unpaired) electrons. The normalized spacial score (nSPS) is 16.5. The number of hydrogen-bond acceptors (Lipinski definition) is 5. The minimum Gasteiger partial charge on any atom is -0.496 e. The Hall–Kier alpha value is -2.99. The molecule has 1 fully saturated rings. The second kappa shape index (κ2) is 10.3. The van der Waals surface area contributed by atoms with Crippen LogP contribution < -0.4 is 9.47 Å². The third kappa shape index (κ3) is 6.37. The predicted octanol–water partition coefficient (Wildman–Crippen LogP) is 5.96. The molecule has 1 heterocycles. The largest absolute Gasteiger partial charge is 0.506 e. The Morgan fingerprint density at radius 3 is 2.57 bits per heavy atom. The lowest BCUT2D eigenvalue weighted by Crippen LogP contribution is -2.53. The summed E-state index contributed by atoms with van der Waals surface area (Å²) in [5.74, 6) is 1.74. The van der Waals surface area contributed by atoms with Gasteiger partial charge in [-0.05, 0) is 72.1 Å². The smallest absolute Gasteiger partial charge is 0.496 e. The number of rotatable bonds is 8. The molecule has 4 rings (SSSR count). The molecule has 0 spiro atoms. The Bertz CT molecular complexity index is 1110. The average Bonchev–Trinajstić information content (AvgIpc) is 2.76. The maximum Gasteiger partial charge on any atom is 0.506 e. The molecule has 0 unspecified atom stereocenters. The molecule has 6 heteroatoms. The van der Waals surface area contributed by atoms with Crippen molar-refractivity contribution >= 4 is 11.7 Å². The molecular weight excluding hydrogens is 442 g/mol. The van der Waals surface area contributed by atoms with Crippen molar-refractivity contribution in [3.8, 4) is 11.5 Å². The van der Waals surface area contributed by atoms with Crippen LogP contribution in [0.1, 0.15) is 56.4 Å². The molecule has 35 heavy (non-hydrogen) atoms. The first-order chi connectivity index (χ1) is 16.6. The highest BCUT2D eigenvalue weighted by Crippen LogP contribution is 2.35. The van der Waals surface area contributed by atoms with Gasteiger partial charge in [-0.1, -0.05) is 44.5 Å². The van der Waals surface area contributed by atoms with Crippen molar-refractivity contribution in [1.29, 1.82) is 0 Å². The highest BCUT2D eigenvalue weighted by molar-refractivity contribution is 5.72. The van der Waals surface area contributed by atoms with Crippen molar-refractivity contribution in [2.45, 2.75) is 59.7 Å². The Morgan fingerprint density at radius 1 is 1.11 bits per heavy atom. The van der Waals surface area contributed by atoms with E-state index in [0.29, 0.717) is 19.7 Å². The van der Waals surface area contributed by atoms with Gasteiger partial charge in [0.15, 0.2) is 0 Å². The number of hydrogen-bond donors (Lipinski definition) is 1. The number of likely N-dealkylation sites (tertiary alicyclic amines) is 1. The zero-order valence-electron chi connectivity index (χ0n) is 21.5. The molecule has 0 bridgehead atoms. The van der Waals surface area contributed by atoms with E-state index in [9.17, 15) is 4.79 Å². The molecule has 1 saturated heterocycles. The van der Waals surface area contributed by atoms with Crippen LogP contribution in [-0.4, -0.2) is 49.0 Å². The zero-order valence-corrected chi connectivity index (χ0v) is 21.5. The third-order valence-corrected chi connectivity index (χ3v) is 6.79. The van der Waals surface area contributed by atoms with Gasteiger partial charge in [-0.2, -0.15) is 0 Å². The summed E-state index contributed by atoms with van der Waals surface area (Å²) in [5, 5.41) is 8.74. The van der Waals surface area contributed by atoms with Crippen molar-refractivity contribution in [3.63, 3.8) is 0 Å². The van der Waals surface area contributed by atoms with Gasteiger partial charge >= 0.3 is 6.16 Å². The average molecular weight is 480 g/mol. The van der Waals surface area contributed by atoms with Gasteiger partial charge in [0.2, 0.25) is 0 Å². The number of benzene rings is 2. The Kier molecular flexibility index (Phi) is 7.41. The van der Waals surface area contributed by atoms with Crippen molar-refractivity contribution in [2.24, 2.45) is 5.41 Å². The van der Waals surface area contributed by atoms with Gasteiger partial charge in [0.1, 0.15) is 24.2 Å². The van der Waals surface area contributed by atoms with Gasteiger partial charge in [-0.15, -0.1) is 0 Å². The maximum absolute atomic E-state index is 10.7. The Labute approximate surface area is 208 Å². The van der Waals surface area contributed by atoms with E-state index in [1.807, 2.05) is 6.07 Å². The van der Waals surface area contributed by atoms with Crippen LogP contribution in [0.5, 0.6) is 11.5 Å². The lowest BCUT2D eigenvalue weighted by atomic mass is 9.85. The van der Waals surface area contributed by atoms with E-state index in [1.165, 1.54) is 27.8 Å². The Morgan fingerprint density at radius 2 is 1.89 bits per heavy atom. The minimum atomic E-state index is -1.19. The van der Waals surface area contributed by atoms with Gasteiger partial charge in [0.25, 0.3) is 0 Å². The number of fused-ring (bicyclic) bond motifs is 1. The van der Waals surface area contributed by atoms with E-state index in [2.05, 4.69) is 62.9 Å². The lowest BCUT2D eigenvalue weighted by molar-refractivity contribution is -0.0292. The molecule has 0 atom stereocenters. The predicted molar refractivity (Wildman–Crippen MR) is 137 cm³/mol. The van der Waals surface area contributed by atoms with Crippen molar-refractivity contribution in [2.75, 3.05) is 26.7 Å². The van der Waals surface area contributed by atoms with Gasteiger partial charge in [0.05, 0.1) is 7.11 Å². The molecule has 2 aromatic rings. The van der Waals surface area contributed by atoms with E-state index >= 15 is 0 Å². The fourth-order valence-corrected chi connectivity index (χ4v) is 5.02. The van der Waals surface area contributed by atoms with Crippen LogP contribution in [0.15, 0.2) is 42.0 Å². The molecule has 6 nitrogen and oxygen atoms in total. The summed E-state index contributed by atoms with van der Waals surface area (Å²) in [7, 11) is 1.71. The van der Waals surface area contributed by atoms with Gasteiger partial charge in [0, 0.05) is 25.2 Å². The van der Waals surface area contributed by atoms with Crippen LogP contribution in [0.2, 0.25) is 0 Å². The third-order valence-electron chi connectivity index (χ3n) is 6.79. The number of allylic oxidation sites excluding steroid dienone is 1. The number of nitrogens with zero attached hydrogens (tertiary/aromatic N) is 1. The first-order valence-electron chi connectivity index (χ1n) is 12.3. The van der Waals surface area contributed by atoms with E-state index in [0.717, 1.165) is 42.9 Å². The molecule has 2 aromatic carbocycles. The fraction of sp³-hybridized carbons (Fsp3) is 0.483. The van der Waals surface area contributed by atoms with E-state index < -0.39 is 6.16 Å². The first-order valence-corrected chi connectivity index (χ1v) is 12.3. The summed E-state index contributed by atoms with van der Waals surface area (Å²) < 4.78 is 16.7. The number of carbonyl (C=O) groups is 1. The molecule has 1 aliphatic carbocycles. The summed E-state index contributed by atoms with van der Waals surface area (Å²) in [5.41, 5.74) is 7.87. The van der Waals surface area contributed by atoms with Crippen LogP contribution in [0, 0.1) is 5.41 Å². The summed E-state index contributed by atoms with van der Waals surface area (Å²) in [4.78, 5) is 12.9. The number of carboxylic acid groups (broad SMARTS) is 1. The van der Waals surface area contributed by atoms with Crippen LogP contribution >= 0.6 is 0 Å². The molecule has 188 valence electrons. The number of methoxy groups -OCH3 is 1. The molecule has 2 aliphatic rings. The second-order valence-electron chi connectivity index (χ2n) is 10.9. The standard InChI is InChI=1S/C29H37NO5/c1-19-22(15-30-16-25(17-30)35-28(31)32)9-8-21-13-24(10-11-26(19)21)34-18-23-7-6-20(12-27(23)33-5)14-29(2,3)4/h6-7,10-13,25H,8-9,14-18H2,1-5H3,(H,31,32). The second-order valence-corrected chi connectivity index (χ2v) is 10.9.